The number of fused-ring (bicyclic) bond motifs is 7. The number of rotatable bonds is 6. The number of aromatic nitrogens is 1. The first-order chi connectivity index (χ1) is 29.3. The zero-order valence-corrected chi connectivity index (χ0v) is 33.1. The Morgan fingerprint density at radius 1 is 0.390 bits per heavy atom. The third-order valence-electron chi connectivity index (χ3n) is 12.5. The molecule has 0 fully saturated rings. The van der Waals surface area contributed by atoms with Crippen LogP contribution in [0.1, 0.15) is 0 Å². The summed E-state index contributed by atoms with van der Waals surface area (Å²) in [6, 6.07) is 79.6. The van der Waals surface area contributed by atoms with Crippen LogP contribution in [0.3, 0.4) is 0 Å². The van der Waals surface area contributed by atoms with Crippen molar-refractivity contribution in [1.82, 2.24) is 4.57 Å². The fraction of sp³-hybridized carbons (Fsp3) is 0. The van der Waals surface area contributed by atoms with E-state index in [1.165, 1.54) is 31.5 Å². The first-order valence-corrected chi connectivity index (χ1v) is 22.3. The summed E-state index contributed by atoms with van der Waals surface area (Å²) >= 11 is 0. The lowest BCUT2D eigenvalue weighted by atomic mass is 9.34. The molecule has 0 N–H and O–H groups in total. The Hall–Kier alpha value is -7.34. The number of ether oxygens (including phenoxy) is 2. The lowest BCUT2D eigenvalue weighted by molar-refractivity contribution is 0.465. The monoisotopic (exact) mass is 769 g/mol. The molecule has 9 aromatic carbocycles. The average Bonchev–Trinajstić information content (AvgIpc) is 3.64. The van der Waals surface area contributed by atoms with Gasteiger partial charge >= 0.3 is 0 Å². The maximum absolute atomic E-state index is 7.29. The van der Waals surface area contributed by atoms with Crippen molar-refractivity contribution in [2.75, 3.05) is 0 Å². The molecule has 2 aliphatic heterocycles. The summed E-state index contributed by atoms with van der Waals surface area (Å²) < 4.78 is 16.3. The molecule has 276 valence electrons. The molecule has 0 amide bonds. The van der Waals surface area contributed by atoms with E-state index in [9.17, 15) is 0 Å². The van der Waals surface area contributed by atoms with Crippen molar-refractivity contribution in [3.05, 3.63) is 218 Å². The van der Waals surface area contributed by atoms with E-state index in [1.807, 2.05) is 6.07 Å². The normalized spacial score (nSPS) is 12.6. The van der Waals surface area contributed by atoms with Crippen LogP contribution in [-0.4, -0.2) is 19.4 Å². The van der Waals surface area contributed by atoms with Crippen LogP contribution in [0.2, 0.25) is 0 Å². The van der Waals surface area contributed by atoms with E-state index in [2.05, 4.69) is 217 Å². The summed E-state index contributed by atoms with van der Waals surface area (Å²) in [7, 11) is -2.86. The number of nitrogens with zero attached hydrogens (tertiary/aromatic N) is 1. The first-order valence-electron chi connectivity index (χ1n) is 20.3. The highest BCUT2D eigenvalue weighted by Crippen LogP contribution is 2.44. The van der Waals surface area contributed by atoms with Gasteiger partial charge in [-0.25, -0.2) is 0 Å². The van der Waals surface area contributed by atoms with Gasteiger partial charge in [-0.05, 0) is 73.6 Å². The van der Waals surface area contributed by atoms with E-state index >= 15 is 0 Å². The Balaban J connectivity index is 1.20. The fourth-order valence-electron chi connectivity index (χ4n) is 10.1. The van der Waals surface area contributed by atoms with Crippen molar-refractivity contribution < 1.29 is 9.47 Å². The summed E-state index contributed by atoms with van der Waals surface area (Å²) in [5.74, 6) is 3.43. The summed E-state index contributed by atoms with van der Waals surface area (Å²) in [5, 5.41) is 7.76. The van der Waals surface area contributed by atoms with Crippen LogP contribution in [0.4, 0.5) is 0 Å². The molecule has 0 saturated heterocycles. The zero-order chi connectivity index (χ0) is 38.9. The van der Waals surface area contributed by atoms with E-state index in [0.717, 1.165) is 67.2 Å². The Labute approximate surface area is 344 Å². The number of hydrogen-bond acceptors (Lipinski definition) is 2. The molecule has 0 bridgehead atoms. The maximum atomic E-state index is 7.29. The zero-order valence-electron chi connectivity index (χ0n) is 32.1. The van der Waals surface area contributed by atoms with Gasteiger partial charge in [-0.3, -0.25) is 0 Å². The van der Waals surface area contributed by atoms with Gasteiger partial charge in [0.15, 0.2) is 8.07 Å². The topological polar surface area (TPSA) is 23.4 Å². The first kappa shape index (κ1) is 33.8. The van der Waals surface area contributed by atoms with Gasteiger partial charge in [-0.15, -0.1) is 0 Å². The van der Waals surface area contributed by atoms with E-state index in [-0.39, 0.29) is 6.71 Å². The van der Waals surface area contributed by atoms with Crippen LogP contribution in [0.15, 0.2) is 218 Å². The van der Waals surface area contributed by atoms with Gasteiger partial charge in [0.25, 0.3) is 6.71 Å². The second-order valence-electron chi connectivity index (χ2n) is 15.5. The Bertz CT molecular complexity index is 3090. The summed E-state index contributed by atoms with van der Waals surface area (Å²) in [6.07, 6.45) is 0. The predicted octanol–water partition coefficient (Wildman–Crippen LogP) is 8.56. The van der Waals surface area contributed by atoms with Crippen molar-refractivity contribution >= 4 is 73.7 Å². The van der Waals surface area contributed by atoms with E-state index in [0.29, 0.717) is 0 Å². The average molecular weight is 770 g/mol. The molecule has 5 heteroatoms. The molecule has 0 aliphatic carbocycles. The van der Waals surface area contributed by atoms with Crippen LogP contribution in [-0.2, 0) is 0 Å². The standard InChI is InChI=1S/C54H36BNO2Si/c1-4-19-38(20-5-1)59(39-21-6-2-7-22-39,40-23-8-3-9-24-40)41-25-16-18-37(36-41)52-48(56-46-29-13-10-26-42(46)43-27-11-14-30-47(43)56)35-34-45-54(52)58-51-33-17-32-50-53(51)55(45)44-28-12-15-31-49(44)57-50/h1-36H. The quantitative estimate of drug-likeness (QED) is 0.125. The van der Waals surface area contributed by atoms with Crippen LogP contribution in [0.25, 0.3) is 38.6 Å². The molecule has 1 aromatic heterocycles. The van der Waals surface area contributed by atoms with E-state index in [1.54, 1.807) is 0 Å². The molecule has 0 saturated carbocycles. The lowest BCUT2D eigenvalue weighted by Gasteiger charge is -2.35. The molecule has 10 aromatic rings. The van der Waals surface area contributed by atoms with Gasteiger partial charge in [-0.2, -0.15) is 0 Å². The van der Waals surface area contributed by atoms with E-state index in [4.69, 9.17) is 9.47 Å². The summed E-state index contributed by atoms with van der Waals surface area (Å²) in [4.78, 5) is 0. The highest BCUT2D eigenvalue weighted by atomic mass is 28.3. The van der Waals surface area contributed by atoms with Gasteiger partial charge in [0.1, 0.15) is 23.0 Å². The Kier molecular flexibility index (Phi) is 7.65. The highest BCUT2D eigenvalue weighted by molar-refractivity contribution is 7.20. The van der Waals surface area contributed by atoms with Crippen LogP contribution >= 0.6 is 0 Å². The second kappa shape index (κ2) is 13.4. The van der Waals surface area contributed by atoms with Crippen molar-refractivity contribution in [1.29, 1.82) is 0 Å². The van der Waals surface area contributed by atoms with Crippen molar-refractivity contribution in [2.24, 2.45) is 0 Å². The number of para-hydroxylation sites is 3. The highest BCUT2D eigenvalue weighted by Gasteiger charge is 2.43. The molecule has 3 nitrogen and oxygen atoms in total. The molecule has 0 radical (unpaired) electrons. The Morgan fingerprint density at radius 3 is 1.54 bits per heavy atom. The van der Waals surface area contributed by atoms with Crippen molar-refractivity contribution in [3.8, 4) is 39.8 Å². The van der Waals surface area contributed by atoms with Gasteiger partial charge in [0, 0.05) is 21.8 Å². The predicted molar refractivity (Wildman–Crippen MR) is 248 cm³/mol. The molecule has 0 spiro atoms. The van der Waals surface area contributed by atoms with Gasteiger partial charge in [-0.1, -0.05) is 182 Å². The third kappa shape index (κ3) is 5.02. The maximum Gasteiger partial charge on any atom is 0.260 e. The number of hydrogen-bond donors (Lipinski definition) is 0. The minimum Gasteiger partial charge on any atom is -0.458 e. The molecule has 59 heavy (non-hydrogen) atoms. The molecular weight excluding hydrogens is 733 g/mol. The largest absolute Gasteiger partial charge is 0.458 e. The van der Waals surface area contributed by atoms with Crippen LogP contribution in [0, 0.1) is 0 Å². The van der Waals surface area contributed by atoms with Crippen LogP contribution < -0.4 is 46.6 Å². The number of benzene rings is 9. The summed E-state index contributed by atoms with van der Waals surface area (Å²) in [6.45, 7) is -0.0598. The fourth-order valence-corrected chi connectivity index (χ4v) is 14.8. The molecule has 0 atom stereocenters. The molecule has 0 unspecified atom stereocenters. The second-order valence-corrected chi connectivity index (χ2v) is 19.3. The van der Waals surface area contributed by atoms with Gasteiger partial charge < -0.3 is 14.0 Å². The SMILES string of the molecule is c1ccc([Si](c2ccccc2)(c2ccccc2)c2cccc(-c3c(-n4c5ccccc5c5ccccc54)ccc4c3Oc3cccc5c3B4c3ccccc3O5)c2)cc1. The van der Waals surface area contributed by atoms with Crippen LogP contribution in [0.5, 0.6) is 23.0 Å². The van der Waals surface area contributed by atoms with Crippen molar-refractivity contribution in [3.63, 3.8) is 0 Å². The third-order valence-corrected chi connectivity index (χ3v) is 17.3. The lowest BCUT2D eigenvalue weighted by Crippen LogP contribution is -2.74. The van der Waals surface area contributed by atoms with Crippen molar-refractivity contribution in [2.45, 2.75) is 0 Å². The molecule has 12 rings (SSSR count). The molecule has 3 heterocycles. The molecule has 2 aliphatic rings. The minimum atomic E-state index is -2.86. The summed E-state index contributed by atoms with van der Waals surface area (Å²) in [5.41, 5.74) is 8.90. The van der Waals surface area contributed by atoms with Gasteiger partial charge in [0.2, 0.25) is 0 Å². The Morgan fingerprint density at radius 2 is 0.898 bits per heavy atom. The van der Waals surface area contributed by atoms with E-state index < -0.39 is 8.07 Å². The smallest absolute Gasteiger partial charge is 0.260 e. The minimum absolute atomic E-state index is 0.0598. The van der Waals surface area contributed by atoms with Gasteiger partial charge in [0.05, 0.1) is 16.7 Å². The molecular formula is C54H36BNO2Si.